The van der Waals surface area contributed by atoms with Gasteiger partial charge in [0, 0.05) is 24.2 Å². The first-order valence-corrected chi connectivity index (χ1v) is 7.07. The Balaban J connectivity index is 1.85. The number of hydrogen-bond donors (Lipinski definition) is 2. The van der Waals surface area contributed by atoms with Crippen molar-refractivity contribution in [2.45, 2.75) is 19.1 Å². The fourth-order valence-electron chi connectivity index (χ4n) is 2.41. The quantitative estimate of drug-likeness (QED) is 0.887. The van der Waals surface area contributed by atoms with Crippen LogP contribution in [0.2, 0.25) is 0 Å². The van der Waals surface area contributed by atoms with Crippen LogP contribution >= 0.6 is 0 Å². The van der Waals surface area contributed by atoms with Crippen molar-refractivity contribution in [2.75, 3.05) is 6.54 Å². The number of aromatic nitrogens is 1. The normalized spacial score (nSPS) is 17.2. The molecule has 9 heteroatoms. The summed E-state index contributed by atoms with van der Waals surface area (Å²) in [6.45, 7) is -2.67. The van der Waals surface area contributed by atoms with E-state index in [0.29, 0.717) is 13.0 Å². The maximum Gasteiger partial charge on any atom is 0.387 e. The number of hydrogen-bond acceptors (Lipinski definition) is 4. The van der Waals surface area contributed by atoms with Gasteiger partial charge in [-0.1, -0.05) is 0 Å². The fraction of sp³-hybridized carbons (Fsp3) is 0.267. The number of nitrogens with zero attached hydrogens (tertiary/aromatic N) is 1. The average Bonchev–Trinajstić information content (AvgIpc) is 2.92. The Kier molecular flexibility index (Phi) is 4.24. The molecule has 0 saturated carbocycles. The molecule has 1 atom stereocenters. The lowest BCUT2D eigenvalue weighted by molar-refractivity contribution is -0.120. The second-order valence-electron chi connectivity index (χ2n) is 5.18. The monoisotopic (exact) mass is 339 g/mol. The van der Waals surface area contributed by atoms with Gasteiger partial charge < -0.3 is 15.4 Å². The first-order chi connectivity index (χ1) is 11.4. The molecule has 0 aliphatic carbocycles. The number of carbonyl (C=O) groups is 2. The molecular formula is C15H12F3N3O3. The number of pyridine rings is 1. The molecule has 0 bridgehead atoms. The molecule has 1 aromatic carbocycles. The molecule has 2 N–H and O–H groups in total. The highest BCUT2D eigenvalue weighted by Gasteiger charge is 2.26. The van der Waals surface area contributed by atoms with Crippen molar-refractivity contribution in [3.05, 3.63) is 35.8 Å². The Bertz CT molecular complexity index is 813. The molecule has 24 heavy (non-hydrogen) atoms. The maximum absolute atomic E-state index is 13.8. The van der Waals surface area contributed by atoms with E-state index in [1.807, 2.05) is 0 Å². The number of rotatable bonds is 4. The highest BCUT2D eigenvalue weighted by atomic mass is 19.3. The molecule has 3 rings (SSSR count). The fourth-order valence-corrected chi connectivity index (χ4v) is 2.41. The Morgan fingerprint density at radius 2 is 2.17 bits per heavy atom. The van der Waals surface area contributed by atoms with E-state index >= 15 is 0 Å². The van der Waals surface area contributed by atoms with Crippen molar-refractivity contribution < 1.29 is 27.5 Å². The highest BCUT2D eigenvalue weighted by molar-refractivity contribution is 6.00. The molecule has 1 aliphatic rings. The number of carbonyl (C=O) groups excluding carboxylic acids is 2. The van der Waals surface area contributed by atoms with Gasteiger partial charge in [-0.25, -0.2) is 4.39 Å². The van der Waals surface area contributed by atoms with Gasteiger partial charge in [-0.05, 0) is 18.6 Å². The molecule has 2 aromatic rings. The lowest BCUT2D eigenvalue weighted by atomic mass is 10.1. The predicted molar refractivity (Wildman–Crippen MR) is 77.2 cm³/mol. The summed E-state index contributed by atoms with van der Waals surface area (Å²) in [5.41, 5.74) is 0.325. The molecule has 6 nitrogen and oxygen atoms in total. The van der Waals surface area contributed by atoms with Crippen LogP contribution in [0.1, 0.15) is 16.8 Å². The first kappa shape index (κ1) is 16.0. The summed E-state index contributed by atoms with van der Waals surface area (Å²) in [6, 6.07) is 2.73. The van der Waals surface area contributed by atoms with Gasteiger partial charge in [-0.2, -0.15) is 8.78 Å². The Morgan fingerprint density at radius 3 is 2.83 bits per heavy atom. The van der Waals surface area contributed by atoms with Crippen LogP contribution in [0.15, 0.2) is 24.4 Å². The number of nitrogens with one attached hydrogen (secondary N) is 2. The smallest absolute Gasteiger partial charge is 0.387 e. The second kappa shape index (κ2) is 6.34. The van der Waals surface area contributed by atoms with Crippen LogP contribution in [0, 0.1) is 5.82 Å². The molecule has 1 fully saturated rings. The van der Waals surface area contributed by atoms with Crippen LogP contribution < -0.4 is 15.4 Å². The number of ether oxygens (including phenoxy) is 1. The number of benzene rings is 1. The SMILES string of the molecule is O=C(NC1CCNC1=O)c1cnc2cc(OC(F)F)c(F)cc2c1. The molecule has 1 saturated heterocycles. The minimum atomic E-state index is -3.15. The summed E-state index contributed by atoms with van der Waals surface area (Å²) in [5.74, 6) is -2.40. The van der Waals surface area contributed by atoms with Crippen molar-refractivity contribution in [2.24, 2.45) is 0 Å². The zero-order valence-electron chi connectivity index (χ0n) is 12.2. The molecule has 2 amide bonds. The standard InChI is InChI=1S/C15H12F3N3O3/c16-9-4-7-3-8(13(22)21-10-1-2-19-14(10)23)6-20-11(7)5-12(9)24-15(17)18/h3-6,10,15H,1-2H2,(H,19,23)(H,21,22). The van der Waals surface area contributed by atoms with Crippen LogP contribution in [-0.4, -0.2) is 36.0 Å². The predicted octanol–water partition coefficient (Wildman–Crippen LogP) is 1.59. The number of amides is 2. The van der Waals surface area contributed by atoms with Crippen molar-refractivity contribution in [1.82, 2.24) is 15.6 Å². The van der Waals surface area contributed by atoms with E-state index in [-0.39, 0.29) is 22.4 Å². The molecule has 0 spiro atoms. The molecule has 1 aromatic heterocycles. The summed E-state index contributed by atoms with van der Waals surface area (Å²) in [7, 11) is 0. The van der Waals surface area contributed by atoms with Crippen LogP contribution in [0.4, 0.5) is 13.2 Å². The van der Waals surface area contributed by atoms with Crippen molar-refractivity contribution in [3.8, 4) is 5.75 Å². The van der Waals surface area contributed by atoms with Crippen LogP contribution in [0.25, 0.3) is 10.9 Å². The molecular weight excluding hydrogens is 327 g/mol. The number of fused-ring (bicyclic) bond motifs is 1. The number of alkyl halides is 2. The third-order valence-electron chi connectivity index (χ3n) is 3.57. The minimum absolute atomic E-state index is 0.129. The van der Waals surface area contributed by atoms with Gasteiger partial charge in [0.25, 0.3) is 5.91 Å². The van der Waals surface area contributed by atoms with Crippen LogP contribution in [-0.2, 0) is 4.79 Å². The molecule has 0 radical (unpaired) electrons. The van der Waals surface area contributed by atoms with Gasteiger partial charge in [0.15, 0.2) is 11.6 Å². The van der Waals surface area contributed by atoms with E-state index in [0.717, 1.165) is 12.1 Å². The molecule has 2 heterocycles. The van der Waals surface area contributed by atoms with Gasteiger partial charge in [0.05, 0.1) is 11.1 Å². The topological polar surface area (TPSA) is 80.3 Å². The molecule has 126 valence electrons. The summed E-state index contributed by atoms with van der Waals surface area (Å²) in [6.07, 6.45) is 1.70. The summed E-state index contributed by atoms with van der Waals surface area (Å²) in [4.78, 5) is 27.5. The average molecular weight is 339 g/mol. The summed E-state index contributed by atoms with van der Waals surface area (Å²) in [5, 5.41) is 5.39. The maximum atomic E-state index is 13.8. The van der Waals surface area contributed by atoms with Crippen molar-refractivity contribution >= 4 is 22.7 Å². The minimum Gasteiger partial charge on any atom is -0.432 e. The van der Waals surface area contributed by atoms with Crippen LogP contribution in [0.5, 0.6) is 5.75 Å². The Morgan fingerprint density at radius 1 is 1.38 bits per heavy atom. The van der Waals surface area contributed by atoms with Gasteiger partial charge in [-0.3, -0.25) is 14.6 Å². The van der Waals surface area contributed by atoms with Gasteiger partial charge >= 0.3 is 6.61 Å². The lowest BCUT2D eigenvalue weighted by Crippen LogP contribution is -2.40. The van der Waals surface area contributed by atoms with E-state index < -0.39 is 30.1 Å². The van der Waals surface area contributed by atoms with Gasteiger partial charge in [-0.15, -0.1) is 0 Å². The van der Waals surface area contributed by atoms with Crippen LogP contribution in [0.3, 0.4) is 0 Å². The van der Waals surface area contributed by atoms with E-state index in [2.05, 4.69) is 20.4 Å². The van der Waals surface area contributed by atoms with E-state index in [1.165, 1.54) is 12.3 Å². The third-order valence-corrected chi connectivity index (χ3v) is 3.57. The van der Waals surface area contributed by atoms with Gasteiger partial charge in [0.2, 0.25) is 5.91 Å². The van der Waals surface area contributed by atoms with Gasteiger partial charge in [0.1, 0.15) is 6.04 Å². The van der Waals surface area contributed by atoms with E-state index in [9.17, 15) is 22.8 Å². The zero-order chi connectivity index (χ0) is 17.3. The molecule has 1 aliphatic heterocycles. The summed E-state index contributed by atoms with van der Waals surface area (Å²) < 4.78 is 42.2. The summed E-state index contributed by atoms with van der Waals surface area (Å²) >= 11 is 0. The van der Waals surface area contributed by atoms with E-state index in [1.54, 1.807) is 0 Å². The van der Waals surface area contributed by atoms with Crippen molar-refractivity contribution in [1.29, 1.82) is 0 Å². The lowest BCUT2D eigenvalue weighted by Gasteiger charge is -2.11. The van der Waals surface area contributed by atoms with E-state index in [4.69, 9.17) is 0 Å². The highest BCUT2D eigenvalue weighted by Crippen LogP contribution is 2.25. The largest absolute Gasteiger partial charge is 0.432 e. The Labute approximate surface area is 134 Å². The molecule has 1 unspecified atom stereocenters. The Hall–Kier alpha value is -2.84. The first-order valence-electron chi connectivity index (χ1n) is 7.07. The number of halogens is 3. The van der Waals surface area contributed by atoms with Crippen molar-refractivity contribution in [3.63, 3.8) is 0 Å². The third kappa shape index (κ3) is 3.24. The second-order valence-corrected chi connectivity index (χ2v) is 5.18. The zero-order valence-corrected chi connectivity index (χ0v) is 12.2.